The van der Waals surface area contributed by atoms with Gasteiger partial charge in [-0.3, -0.25) is 0 Å². The molecule has 0 aliphatic rings. The van der Waals surface area contributed by atoms with Crippen molar-refractivity contribution in [1.82, 2.24) is 4.90 Å². The van der Waals surface area contributed by atoms with Crippen molar-refractivity contribution in [1.29, 1.82) is 0 Å². The molecule has 0 amide bonds. The normalized spacial score (nSPS) is 10.9. The van der Waals surface area contributed by atoms with Crippen molar-refractivity contribution in [2.75, 3.05) is 19.3 Å². The summed E-state index contributed by atoms with van der Waals surface area (Å²) in [7, 11) is 2.16. The maximum atomic E-state index is 5.88. The Kier molecular flexibility index (Phi) is 4.63. The Hall–Kier alpha value is -1.02. The third-order valence-corrected chi connectivity index (χ3v) is 2.82. The smallest absolute Gasteiger partial charge is 0.0346 e. The molecule has 0 saturated heterocycles. The van der Waals surface area contributed by atoms with Gasteiger partial charge in [0.2, 0.25) is 0 Å². The lowest BCUT2D eigenvalue weighted by atomic mass is 10.1. The number of nitrogens with zero attached hydrogens (tertiary/aromatic N) is 1. The Labute approximate surface area is 93.1 Å². The number of rotatable bonds is 5. The average molecular weight is 206 g/mol. The maximum Gasteiger partial charge on any atom is 0.0346 e. The van der Waals surface area contributed by atoms with Crippen LogP contribution in [0.1, 0.15) is 30.9 Å². The molecule has 2 nitrogen and oxygen atoms in total. The Bertz CT molecular complexity index is 307. The van der Waals surface area contributed by atoms with Crippen LogP contribution in [0.5, 0.6) is 0 Å². The Morgan fingerprint density at radius 2 is 2.07 bits per heavy atom. The summed E-state index contributed by atoms with van der Waals surface area (Å²) in [4.78, 5) is 2.35. The molecule has 1 aromatic carbocycles. The largest absolute Gasteiger partial charge is 0.399 e. The van der Waals surface area contributed by atoms with Gasteiger partial charge in [-0.05, 0) is 44.1 Å². The van der Waals surface area contributed by atoms with Crippen molar-refractivity contribution in [3.8, 4) is 0 Å². The first-order chi connectivity index (χ1) is 7.15. The predicted molar refractivity (Wildman–Crippen MR) is 66.8 cm³/mol. The minimum Gasteiger partial charge on any atom is -0.399 e. The topological polar surface area (TPSA) is 29.3 Å². The molecule has 0 unspecified atom stereocenters. The molecule has 0 heterocycles. The number of hydrogen-bond donors (Lipinski definition) is 1. The van der Waals surface area contributed by atoms with E-state index in [1.807, 2.05) is 12.1 Å². The van der Waals surface area contributed by atoms with E-state index in [1.54, 1.807) is 0 Å². The fourth-order valence-corrected chi connectivity index (χ4v) is 1.67. The molecular formula is C13H22N2. The zero-order chi connectivity index (χ0) is 11.3. The summed E-state index contributed by atoms with van der Waals surface area (Å²) in [5.74, 6) is 0. The van der Waals surface area contributed by atoms with Gasteiger partial charge in [0.1, 0.15) is 0 Å². The molecule has 1 aromatic rings. The summed E-state index contributed by atoms with van der Waals surface area (Å²) < 4.78 is 0. The van der Waals surface area contributed by atoms with Crippen LogP contribution in [0, 0.1) is 6.92 Å². The molecular weight excluding hydrogens is 184 g/mol. The monoisotopic (exact) mass is 206 g/mol. The quantitative estimate of drug-likeness (QED) is 0.751. The molecule has 0 bridgehead atoms. The lowest BCUT2D eigenvalue weighted by Crippen LogP contribution is -2.19. The van der Waals surface area contributed by atoms with Gasteiger partial charge in [0, 0.05) is 12.2 Å². The number of unbranched alkanes of at least 4 members (excludes halogenated alkanes) is 1. The van der Waals surface area contributed by atoms with Gasteiger partial charge >= 0.3 is 0 Å². The van der Waals surface area contributed by atoms with Crippen molar-refractivity contribution >= 4 is 5.69 Å². The van der Waals surface area contributed by atoms with Crippen molar-refractivity contribution < 1.29 is 0 Å². The number of anilines is 1. The van der Waals surface area contributed by atoms with Crippen LogP contribution >= 0.6 is 0 Å². The second kappa shape index (κ2) is 5.76. The minimum absolute atomic E-state index is 0.899. The van der Waals surface area contributed by atoms with E-state index >= 15 is 0 Å². The van der Waals surface area contributed by atoms with Gasteiger partial charge in [0.05, 0.1) is 0 Å². The highest BCUT2D eigenvalue weighted by atomic mass is 15.1. The maximum absolute atomic E-state index is 5.88. The van der Waals surface area contributed by atoms with Gasteiger partial charge in [-0.15, -0.1) is 0 Å². The summed E-state index contributed by atoms with van der Waals surface area (Å²) in [5, 5.41) is 0. The lowest BCUT2D eigenvalue weighted by Gasteiger charge is -2.18. The lowest BCUT2D eigenvalue weighted by molar-refractivity contribution is 0.320. The number of benzene rings is 1. The van der Waals surface area contributed by atoms with Crippen LogP contribution in [0.25, 0.3) is 0 Å². The highest BCUT2D eigenvalue weighted by molar-refractivity contribution is 5.49. The molecule has 2 N–H and O–H groups in total. The zero-order valence-electron chi connectivity index (χ0n) is 10.1. The SMILES string of the molecule is CCCCN(C)Cc1cccc(N)c1C. The van der Waals surface area contributed by atoms with Gasteiger partial charge < -0.3 is 10.6 Å². The van der Waals surface area contributed by atoms with E-state index in [9.17, 15) is 0 Å². The van der Waals surface area contributed by atoms with Crippen LogP contribution in [0.15, 0.2) is 18.2 Å². The molecule has 0 saturated carbocycles. The minimum atomic E-state index is 0.899. The molecule has 0 spiro atoms. The molecule has 0 aliphatic heterocycles. The molecule has 0 fully saturated rings. The second-order valence-electron chi connectivity index (χ2n) is 4.22. The first kappa shape index (κ1) is 12.1. The summed E-state index contributed by atoms with van der Waals surface area (Å²) in [6.07, 6.45) is 2.51. The molecule has 84 valence electrons. The van der Waals surface area contributed by atoms with E-state index in [0.717, 1.165) is 18.8 Å². The summed E-state index contributed by atoms with van der Waals surface area (Å²) in [5.41, 5.74) is 9.34. The van der Waals surface area contributed by atoms with Crippen LogP contribution in [0.3, 0.4) is 0 Å². The molecule has 0 aromatic heterocycles. The van der Waals surface area contributed by atoms with Gasteiger partial charge in [-0.25, -0.2) is 0 Å². The zero-order valence-corrected chi connectivity index (χ0v) is 10.1. The third-order valence-electron chi connectivity index (χ3n) is 2.82. The summed E-state index contributed by atoms with van der Waals surface area (Å²) in [6.45, 7) is 6.47. The van der Waals surface area contributed by atoms with E-state index in [0.29, 0.717) is 0 Å². The molecule has 1 rings (SSSR count). The van der Waals surface area contributed by atoms with E-state index in [2.05, 4.69) is 31.9 Å². The van der Waals surface area contributed by atoms with Crippen LogP contribution in [0.4, 0.5) is 5.69 Å². The second-order valence-corrected chi connectivity index (χ2v) is 4.22. The van der Waals surface area contributed by atoms with Gasteiger partial charge in [0.15, 0.2) is 0 Å². The van der Waals surface area contributed by atoms with E-state index in [-0.39, 0.29) is 0 Å². The number of nitrogens with two attached hydrogens (primary N) is 1. The van der Waals surface area contributed by atoms with Gasteiger partial charge in [-0.2, -0.15) is 0 Å². The van der Waals surface area contributed by atoms with Crippen LogP contribution in [0.2, 0.25) is 0 Å². The van der Waals surface area contributed by atoms with Gasteiger partial charge in [0.25, 0.3) is 0 Å². The molecule has 2 heteroatoms. The van der Waals surface area contributed by atoms with E-state index in [4.69, 9.17) is 5.73 Å². The average Bonchev–Trinajstić information content (AvgIpc) is 2.22. The first-order valence-corrected chi connectivity index (χ1v) is 5.67. The van der Waals surface area contributed by atoms with Crippen LogP contribution in [-0.4, -0.2) is 18.5 Å². The summed E-state index contributed by atoms with van der Waals surface area (Å²) >= 11 is 0. The van der Waals surface area contributed by atoms with Crippen LogP contribution in [-0.2, 0) is 6.54 Å². The Balaban J connectivity index is 2.60. The van der Waals surface area contributed by atoms with Crippen LogP contribution < -0.4 is 5.73 Å². The molecule has 15 heavy (non-hydrogen) atoms. The van der Waals surface area contributed by atoms with Crippen molar-refractivity contribution in [3.05, 3.63) is 29.3 Å². The van der Waals surface area contributed by atoms with E-state index < -0.39 is 0 Å². The number of hydrogen-bond acceptors (Lipinski definition) is 2. The highest BCUT2D eigenvalue weighted by Gasteiger charge is 2.04. The van der Waals surface area contributed by atoms with Gasteiger partial charge in [-0.1, -0.05) is 25.5 Å². The Morgan fingerprint density at radius 1 is 1.33 bits per heavy atom. The van der Waals surface area contributed by atoms with Crippen molar-refractivity contribution in [2.24, 2.45) is 0 Å². The highest BCUT2D eigenvalue weighted by Crippen LogP contribution is 2.16. The fourth-order valence-electron chi connectivity index (χ4n) is 1.67. The molecule has 0 aliphatic carbocycles. The Morgan fingerprint density at radius 3 is 2.73 bits per heavy atom. The fraction of sp³-hybridized carbons (Fsp3) is 0.538. The predicted octanol–water partition coefficient (Wildman–Crippen LogP) is 2.81. The van der Waals surface area contributed by atoms with Crippen molar-refractivity contribution in [2.45, 2.75) is 33.2 Å². The molecule has 0 radical (unpaired) electrons. The summed E-state index contributed by atoms with van der Waals surface area (Å²) in [6, 6.07) is 6.16. The standard InChI is InChI=1S/C13H22N2/c1-4-5-9-15(3)10-12-7-6-8-13(14)11(12)2/h6-8H,4-5,9-10,14H2,1-3H3. The first-order valence-electron chi connectivity index (χ1n) is 5.67. The van der Waals surface area contributed by atoms with Crippen molar-refractivity contribution in [3.63, 3.8) is 0 Å². The van der Waals surface area contributed by atoms with E-state index in [1.165, 1.54) is 24.0 Å². The molecule has 0 atom stereocenters. The third kappa shape index (κ3) is 3.56. The number of nitrogen functional groups attached to an aromatic ring is 1.